The lowest BCUT2D eigenvalue weighted by Crippen LogP contribution is -2.24. The van der Waals surface area contributed by atoms with Gasteiger partial charge in [0.1, 0.15) is 10.6 Å². The highest BCUT2D eigenvalue weighted by molar-refractivity contribution is 7.17. The van der Waals surface area contributed by atoms with Gasteiger partial charge in [-0.1, -0.05) is 29.8 Å². The van der Waals surface area contributed by atoms with Gasteiger partial charge in [-0.05, 0) is 36.8 Å². The first-order valence-electron chi connectivity index (χ1n) is 8.78. The third kappa shape index (κ3) is 3.34. The van der Waals surface area contributed by atoms with Gasteiger partial charge in [0.05, 0.1) is 25.4 Å². The van der Waals surface area contributed by atoms with E-state index >= 15 is 0 Å². The number of Topliss-reactive ketones (excluding diaryl/α,β-unsaturated/α-hetero) is 1. The number of hydrogen-bond acceptors (Lipinski definition) is 5. The Kier molecular flexibility index (Phi) is 4.79. The number of ether oxygens (including phenoxy) is 1. The Morgan fingerprint density at radius 2 is 1.82 bits per heavy atom. The van der Waals surface area contributed by atoms with Crippen molar-refractivity contribution in [3.63, 3.8) is 0 Å². The number of nitrogens with zero attached hydrogens (tertiary/aromatic N) is 2. The lowest BCUT2D eigenvalue weighted by atomic mass is 10.0. The zero-order valence-corrected chi connectivity index (χ0v) is 16.3. The summed E-state index contributed by atoms with van der Waals surface area (Å²) in [5.41, 5.74) is 3.29. The predicted octanol–water partition coefficient (Wildman–Crippen LogP) is 4.32. The molecule has 0 N–H and O–H groups in total. The van der Waals surface area contributed by atoms with Gasteiger partial charge in [-0.3, -0.25) is 14.2 Å². The number of carbonyl (C=O) groups is 1. The average Bonchev–Trinajstić information content (AvgIpc) is 3.15. The molecule has 0 aliphatic rings. The number of carbonyl (C=O) groups excluding carboxylic acids is 1. The maximum absolute atomic E-state index is 13.1. The molecule has 2 aromatic carbocycles. The summed E-state index contributed by atoms with van der Waals surface area (Å²) in [7, 11) is 1.57. The molecule has 5 nitrogen and oxygen atoms in total. The van der Waals surface area contributed by atoms with Gasteiger partial charge in [-0.25, -0.2) is 4.98 Å². The number of thiophene rings is 1. The van der Waals surface area contributed by atoms with Crippen molar-refractivity contribution < 1.29 is 9.53 Å². The molecule has 0 fully saturated rings. The van der Waals surface area contributed by atoms with Crippen molar-refractivity contribution in [1.82, 2.24) is 9.55 Å². The van der Waals surface area contributed by atoms with E-state index in [0.29, 0.717) is 21.5 Å². The molecule has 0 saturated carbocycles. The molecule has 4 aromatic rings. The Labute approximate surface area is 165 Å². The maximum atomic E-state index is 13.1. The van der Waals surface area contributed by atoms with Crippen LogP contribution in [0.3, 0.4) is 0 Å². The van der Waals surface area contributed by atoms with Crippen LogP contribution in [-0.4, -0.2) is 22.4 Å². The molecule has 0 saturated heterocycles. The molecule has 2 heterocycles. The predicted molar refractivity (Wildman–Crippen MR) is 111 cm³/mol. The second kappa shape index (κ2) is 7.40. The fourth-order valence-electron chi connectivity index (χ4n) is 3.05. The van der Waals surface area contributed by atoms with Gasteiger partial charge >= 0.3 is 0 Å². The second-order valence-electron chi connectivity index (χ2n) is 6.52. The van der Waals surface area contributed by atoms with Crippen molar-refractivity contribution in [3.8, 4) is 16.9 Å². The third-order valence-electron chi connectivity index (χ3n) is 4.65. The summed E-state index contributed by atoms with van der Waals surface area (Å²) in [5, 5.41) is 2.50. The monoisotopic (exact) mass is 390 g/mol. The minimum atomic E-state index is -0.205. The van der Waals surface area contributed by atoms with Crippen molar-refractivity contribution in [2.75, 3.05) is 7.11 Å². The smallest absolute Gasteiger partial charge is 0.263 e. The molecular formula is C22H18N2O3S. The number of aryl methyl sites for hydroxylation is 1. The number of fused-ring (bicyclic) bond motifs is 1. The fourth-order valence-corrected chi connectivity index (χ4v) is 3.96. The van der Waals surface area contributed by atoms with Crippen molar-refractivity contribution in [3.05, 3.63) is 81.7 Å². The summed E-state index contributed by atoms with van der Waals surface area (Å²) in [5.74, 6) is 0.524. The molecule has 0 spiro atoms. The van der Waals surface area contributed by atoms with Gasteiger partial charge in [-0.2, -0.15) is 0 Å². The van der Waals surface area contributed by atoms with Gasteiger partial charge in [0.15, 0.2) is 5.78 Å². The quantitative estimate of drug-likeness (QED) is 0.476. The highest BCUT2D eigenvalue weighted by Gasteiger charge is 2.15. The van der Waals surface area contributed by atoms with E-state index < -0.39 is 0 Å². The zero-order chi connectivity index (χ0) is 19.7. The van der Waals surface area contributed by atoms with E-state index in [1.165, 1.54) is 22.2 Å². The highest BCUT2D eigenvalue weighted by atomic mass is 32.1. The Hall–Kier alpha value is -3.25. The first-order valence-corrected chi connectivity index (χ1v) is 9.65. The van der Waals surface area contributed by atoms with E-state index in [4.69, 9.17) is 4.74 Å². The lowest BCUT2D eigenvalue weighted by molar-refractivity contribution is 0.0970. The Bertz CT molecular complexity index is 1210. The first-order chi connectivity index (χ1) is 13.6. The number of ketones is 1. The lowest BCUT2D eigenvalue weighted by Gasteiger charge is -2.07. The Morgan fingerprint density at radius 3 is 2.50 bits per heavy atom. The van der Waals surface area contributed by atoms with Crippen molar-refractivity contribution in [2.45, 2.75) is 13.5 Å². The van der Waals surface area contributed by atoms with Crippen LogP contribution in [0.25, 0.3) is 21.3 Å². The Balaban J connectivity index is 1.71. The molecular weight excluding hydrogens is 372 g/mol. The summed E-state index contributed by atoms with van der Waals surface area (Å²) in [6, 6.07) is 14.9. The van der Waals surface area contributed by atoms with Crippen LogP contribution < -0.4 is 10.3 Å². The molecule has 2 aromatic heterocycles. The normalized spacial score (nSPS) is 10.9. The van der Waals surface area contributed by atoms with Crippen molar-refractivity contribution >= 4 is 27.3 Å². The van der Waals surface area contributed by atoms with Gasteiger partial charge in [0.25, 0.3) is 5.56 Å². The van der Waals surface area contributed by atoms with Crippen molar-refractivity contribution in [2.24, 2.45) is 0 Å². The third-order valence-corrected chi connectivity index (χ3v) is 5.54. The number of methoxy groups -OCH3 is 1. The molecule has 0 amide bonds. The van der Waals surface area contributed by atoms with E-state index in [0.717, 1.165) is 16.7 Å². The standard InChI is InChI=1S/C22H18N2O3S/c1-14-3-5-15(6-4-14)18-12-28-21-20(18)22(26)24(13-23-21)11-19(25)16-7-9-17(27-2)10-8-16/h3-10,12-13H,11H2,1-2H3. The van der Waals surface area contributed by atoms with E-state index in [1.807, 2.05) is 36.6 Å². The summed E-state index contributed by atoms with van der Waals surface area (Å²) >= 11 is 1.43. The number of aromatic nitrogens is 2. The number of rotatable bonds is 5. The largest absolute Gasteiger partial charge is 0.497 e. The molecule has 0 atom stereocenters. The highest BCUT2D eigenvalue weighted by Crippen LogP contribution is 2.30. The van der Waals surface area contributed by atoms with Crippen LogP contribution in [0.5, 0.6) is 5.75 Å². The van der Waals surface area contributed by atoms with Gasteiger partial charge in [0, 0.05) is 16.5 Å². The number of benzene rings is 2. The minimum Gasteiger partial charge on any atom is -0.497 e. The van der Waals surface area contributed by atoms with E-state index in [9.17, 15) is 9.59 Å². The summed E-state index contributed by atoms with van der Waals surface area (Å²) in [6.45, 7) is 1.96. The van der Waals surface area contributed by atoms with Crippen LogP contribution in [0.15, 0.2) is 65.0 Å². The summed E-state index contributed by atoms with van der Waals surface area (Å²) in [4.78, 5) is 30.7. The van der Waals surface area contributed by atoms with Crippen molar-refractivity contribution in [1.29, 1.82) is 0 Å². The van der Waals surface area contributed by atoms with Gasteiger partial charge < -0.3 is 4.74 Å². The summed E-state index contributed by atoms with van der Waals surface area (Å²) < 4.78 is 6.49. The van der Waals surface area contributed by atoms with Gasteiger partial charge in [-0.15, -0.1) is 11.3 Å². The number of hydrogen-bond donors (Lipinski definition) is 0. The first kappa shape index (κ1) is 18.1. The molecule has 28 heavy (non-hydrogen) atoms. The topological polar surface area (TPSA) is 61.2 Å². The molecule has 4 rings (SSSR count). The van der Waals surface area contributed by atoms with Crippen LogP contribution in [0.1, 0.15) is 15.9 Å². The molecule has 6 heteroatoms. The van der Waals surface area contributed by atoms with Crippen LogP contribution in [0.2, 0.25) is 0 Å². The second-order valence-corrected chi connectivity index (χ2v) is 7.38. The minimum absolute atomic E-state index is 0.0582. The Morgan fingerprint density at radius 1 is 1.11 bits per heavy atom. The molecule has 0 bridgehead atoms. The van der Waals surface area contributed by atoms with Crippen LogP contribution >= 0.6 is 11.3 Å². The van der Waals surface area contributed by atoms with E-state index in [-0.39, 0.29) is 17.9 Å². The SMILES string of the molecule is COc1ccc(C(=O)Cn2cnc3scc(-c4ccc(C)cc4)c3c2=O)cc1. The fraction of sp³-hybridized carbons (Fsp3) is 0.136. The van der Waals surface area contributed by atoms with E-state index in [1.54, 1.807) is 31.4 Å². The molecule has 140 valence electrons. The average molecular weight is 390 g/mol. The molecule has 0 aliphatic carbocycles. The summed E-state index contributed by atoms with van der Waals surface area (Å²) in [6.07, 6.45) is 1.45. The molecule has 0 aliphatic heterocycles. The molecule has 0 radical (unpaired) electrons. The van der Waals surface area contributed by atoms with E-state index in [2.05, 4.69) is 4.98 Å². The maximum Gasteiger partial charge on any atom is 0.263 e. The molecule has 0 unspecified atom stereocenters. The van der Waals surface area contributed by atoms with Crippen LogP contribution in [0, 0.1) is 6.92 Å². The zero-order valence-electron chi connectivity index (χ0n) is 15.5. The van der Waals surface area contributed by atoms with Crippen LogP contribution in [-0.2, 0) is 6.54 Å². The van der Waals surface area contributed by atoms with Crippen LogP contribution in [0.4, 0.5) is 0 Å². The van der Waals surface area contributed by atoms with Gasteiger partial charge in [0.2, 0.25) is 0 Å².